The maximum Gasteiger partial charge on any atom is 0.252 e. The van der Waals surface area contributed by atoms with Crippen LogP contribution in [0.3, 0.4) is 0 Å². The van der Waals surface area contributed by atoms with Crippen LogP contribution in [0.1, 0.15) is 47.7 Å². The number of benzene rings is 2. The number of nitrogens with one attached hydrogen (secondary N) is 1. The van der Waals surface area contributed by atoms with Gasteiger partial charge in [0, 0.05) is 29.7 Å². The summed E-state index contributed by atoms with van der Waals surface area (Å²) in [6.45, 7) is 5.51. The van der Waals surface area contributed by atoms with Crippen LogP contribution in [0, 0.1) is 6.92 Å². The van der Waals surface area contributed by atoms with Crippen LogP contribution in [0.5, 0.6) is 5.75 Å². The lowest BCUT2D eigenvalue weighted by Gasteiger charge is -2.30. The maximum absolute atomic E-state index is 13.1. The molecule has 0 unspecified atom stereocenters. The Balaban J connectivity index is 1.55. The van der Waals surface area contributed by atoms with Gasteiger partial charge in [0.2, 0.25) is 0 Å². The minimum Gasteiger partial charge on any atom is -0.496 e. The third kappa shape index (κ3) is 5.31. The number of pyridine rings is 1. The molecule has 3 aromatic heterocycles. The number of aromatic nitrogens is 5. The minimum atomic E-state index is -0.164. The van der Waals surface area contributed by atoms with E-state index in [9.17, 15) is 4.79 Å². The zero-order chi connectivity index (χ0) is 25.8. The van der Waals surface area contributed by atoms with Crippen LogP contribution in [0.4, 0.5) is 0 Å². The molecule has 0 aliphatic heterocycles. The lowest BCUT2D eigenvalue weighted by molar-refractivity contribution is 0.159. The minimum absolute atomic E-state index is 0.105. The van der Waals surface area contributed by atoms with Crippen molar-refractivity contribution in [1.82, 2.24) is 30.1 Å². The molecule has 5 rings (SSSR count). The van der Waals surface area contributed by atoms with Gasteiger partial charge < -0.3 is 14.1 Å². The van der Waals surface area contributed by atoms with Crippen molar-refractivity contribution < 1.29 is 9.15 Å². The zero-order valence-corrected chi connectivity index (χ0v) is 21.2. The average Bonchev–Trinajstić information content (AvgIpc) is 3.58. The SMILES string of the molecule is CC[C@H](c1nnnn1Cc1ccco1)N(Cc1ccccc1OC)Cc1cc2cc(C)ccc2[nH]c1=O. The van der Waals surface area contributed by atoms with Crippen LogP contribution in [0.2, 0.25) is 0 Å². The third-order valence-corrected chi connectivity index (χ3v) is 6.59. The second-order valence-corrected chi connectivity index (χ2v) is 9.13. The van der Waals surface area contributed by atoms with Crippen molar-refractivity contribution in [3.63, 3.8) is 0 Å². The maximum atomic E-state index is 13.1. The number of aryl methyl sites for hydroxylation is 1. The standard InChI is InChI=1S/C28H30N6O3/c1-4-25(27-30-31-32-34(27)18-23-9-7-13-37-23)33(16-20-8-5-6-10-26(20)36-3)17-22-15-21-14-19(2)11-12-24(21)29-28(22)35/h5-15,25H,4,16-18H2,1-3H3,(H,29,35)/t25-/m1/s1. The van der Waals surface area contributed by atoms with Crippen molar-refractivity contribution in [3.05, 3.63) is 106 Å². The first-order chi connectivity index (χ1) is 18.1. The van der Waals surface area contributed by atoms with Crippen LogP contribution in [0.15, 0.2) is 76.1 Å². The number of hydrogen-bond acceptors (Lipinski definition) is 7. The molecule has 9 heteroatoms. The smallest absolute Gasteiger partial charge is 0.252 e. The van der Waals surface area contributed by atoms with E-state index in [0.29, 0.717) is 31.0 Å². The van der Waals surface area contributed by atoms with E-state index < -0.39 is 0 Å². The topological polar surface area (TPSA) is 102 Å². The number of tetrazole rings is 1. The van der Waals surface area contributed by atoms with E-state index in [1.165, 1.54) is 0 Å². The van der Waals surface area contributed by atoms with Gasteiger partial charge in [0.15, 0.2) is 5.82 Å². The molecule has 0 amide bonds. The monoisotopic (exact) mass is 498 g/mol. The molecule has 0 aliphatic rings. The summed E-state index contributed by atoms with van der Waals surface area (Å²) in [6.07, 6.45) is 2.37. The number of H-pyrrole nitrogens is 1. The quantitative estimate of drug-likeness (QED) is 0.300. The lowest BCUT2D eigenvalue weighted by atomic mass is 10.1. The number of hydrogen-bond donors (Lipinski definition) is 1. The van der Waals surface area contributed by atoms with Crippen LogP contribution in [0.25, 0.3) is 10.9 Å². The Morgan fingerprint density at radius 1 is 1.08 bits per heavy atom. The summed E-state index contributed by atoms with van der Waals surface area (Å²) in [6, 6.07) is 19.5. The average molecular weight is 499 g/mol. The number of nitrogens with zero attached hydrogens (tertiary/aromatic N) is 5. The van der Waals surface area contributed by atoms with Crippen LogP contribution < -0.4 is 10.3 Å². The molecule has 0 bridgehead atoms. The molecule has 9 nitrogen and oxygen atoms in total. The summed E-state index contributed by atoms with van der Waals surface area (Å²) in [4.78, 5) is 18.4. The first-order valence-electron chi connectivity index (χ1n) is 12.3. The Morgan fingerprint density at radius 2 is 1.92 bits per heavy atom. The fourth-order valence-electron chi connectivity index (χ4n) is 4.75. The highest BCUT2D eigenvalue weighted by atomic mass is 16.5. The van der Waals surface area contributed by atoms with Crippen molar-refractivity contribution in [3.8, 4) is 5.75 Å². The predicted molar refractivity (Wildman–Crippen MR) is 140 cm³/mol. The summed E-state index contributed by atoms with van der Waals surface area (Å²) in [5.41, 5.74) is 3.55. The molecular formula is C28H30N6O3. The highest BCUT2D eigenvalue weighted by Gasteiger charge is 2.27. The van der Waals surface area contributed by atoms with Crippen molar-refractivity contribution in [2.24, 2.45) is 0 Å². The Labute approximate surface area is 214 Å². The first kappa shape index (κ1) is 24.5. The fourth-order valence-corrected chi connectivity index (χ4v) is 4.75. The molecule has 0 saturated heterocycles. The van der Waals surface area contributed by atoms with Gasteiger partial charge in [0.25, 0.3) is 5.56 Å². The number of rotatable bonds is 10. The van der Waals surface area contributed by atoms with Gasteiger partial charge in [-0.1, -0.05) is 36.8 Å². The first-order valence-corrected chi connectivity index (χ1v) is 12.3. The van der Waals surface area contributed by atoms with Gasteiger partial charge in [0.1, 0.15) is 18.1 Å². The lowest BCUT2D eigenvalue weighted by Crippen LogP contribution is -2.32. The summed E-state index contributed by atoms with van der Waals surface area (Å²) in [7, 11) is 1.67. The van der Waals surface area contributed by atoms with E-state index >= 15 is 0 Å². The molecule has 2 aromatic carbocycles. The van der Waals surface area contributed by atoms with Crippen molar-refractivity contribution >= 4 is 10.9 Å². The Hall–Kier alpha value is -4.24. The van der Waals surface area contributed by atoms with Gasteiger partial charge >= 0.3 is 0 Å². The van der Waals surface area contributed by atoms with E-state index in [4.69, 9.17) is 9.15 Å². The van der Waals surface area contributed by atoms with Gasteiger partial charge in [-0.15, -0.1) is 5.10 Å². The van der Waals surface area contributed by atoms with Crippen LogP contribution in [-0.2, 0) is 19.6 Å². The molecular weight excluding hydrogens is 468 g/mol. The molecule has 0 spiro atoms. The van der Waals surface area contributed by atoms with Crippen molar-refractivity contribution in [2.45, 2.75) is 45.9 Å². The molecule has 1 atom stereocenters. The number of ether oxygens (including phenoxy) is 1. The van der Waals surface area contributed by atoms with Gasteiger partial charge in [-0.25, -0.2) is 4.68 Å². The molecule has 37 heavy (non-hydrogen) atoms. The third-order valence-electron chi connectivity index (χ3n) is 6.59. The van der Waals surface area contributed by atoms with E-state index in [2.05, 4.69) is 38.4 Å². The van der Waals surface area contributed by atoms with E-state index in [-0.39, 0.29) is 11.6 Å². The largest absolute Gasteiger partial charge is 0.496 e. The van der Waals surface area contributed by atoms with Crippen LogP contribution >= 0.6 is 0 Å². The Bertz CT molecular complexity index is 1540. The van der Waals surface area contributed by atoms with Crippen molar-refractivity contribution in [1.29, 1.82) is 0 Å². The van der Waals surface area contributed by atoms with Gasteiger partial charge in [-0.2, -0.15) is 0 Å². The number of fused-ring (bicyclic) bond motifs is 1. The molecule has 0 saturated carbocycles. The van der Waals surface area contributed by atoms with Crippen LogP contribution in [-0.4, -0.2) is 37.2 Å². The van der Waals surface area contributed by atoms with Gasteiger partial charge in [-0.3, -0.25) is 9.69 Å². The summed E-state index contributed by atoms with van der Waals surface area (Å²) < 4.78 is 12.9. The predicted octanol–water partition coefficient (Wildman–Crippen LogP) is 4.63. The molecule has 0 fully saturated rings. The number of para-hydroxylation sites is 1. The number of methoxy groups -OCH3 is 1. The normalized spacial score (nSPS) is 12.3. The Morgan fingerprint density at radius 3 is 2.70 bits per heavy atom. The molecule has 0 radical (unpaired) electrons. The van der Waals surface area contributed by atoms with Crippen molar-refractivity contribution in [2.75, 3.05) is 7.11 Å². The van der Waals surface area contributed by atoms with Gasteiger partial charge in [-0.05, 0) is 65.6 Å². The van der Waals surface area contributed by atoms with E-state index in [1.54, 1.807) is 18.1 Å². The summed E-state index contributed by atoms with van der Waals surface area (Å²) >= 11 is 0. The summed E-state index contributed by atoms with van der Waals surface area (Å²) in [5, 5.41) is 13.6. The zero-order valence-electron chi connectivity index (χ0n) is 21.2. The fraction of sp³-hybridized carbons (Fsp3) is 0.286. The molecule has 1 N–H and O–H groups in total. The summed E-state index contributed by atoms with van der Waals surface area (Å²) in [5.74, 6) is 2.27. The van der Waals surface area contributed by atoms with E-state index in [1.807, 2.05) is 61.5 Å². The van der Waals surface area contributed by atoms with Gasteiger partial charge in [0.05, 0.1) is 19.4 Å². The second kappa shape index (κ2) is 10.8. The number of aromatic amines is 1. The molecule has 5 aromatic rings. The highest BCUT2D eigenvalue weighted by molar-refractivity contribution is 5.79. The second-order valence-electron chi connectivity index (χ2n) is 9.13. The Kier molecular flexibility index (Phi) is 7.14. The van der Waals surface area contributed by atoms with E-state index in [0.717, 1.165) is 40.0 Å². The molecule has 3 heterocycles. The highest BCUT2D eigenvalue weighted by Crippen LogP contribution is 2.29. The molecule has 0 aliphatic carbocycles. The molecule has 190 valence electrons. The number of furan rings is 1.